The van der Waals surface area contributed by atoms with Crippen LogP contribution in [0.1, 0.15) is 37.7 Å². The molecule has 4 heteroatoms. The van der Waals surface area contributed by atoms with E-state index < -0.39 is 5.54 Å². The normalized spacial score (nSPS) is 27.8. The molecule has 2 fully saturated rings. The number of amides is 1. The van der Waals surface area contributed by atoms with Crippen molar-refractivity contribution in [3.8, 4) is 0 Å². The molecule has 0 radical (unpaired) electrons. The Morgan fingerprint density at radius 1 is 1.45 bits per heavy atom. The van der Waals surface area contributed by atoms with Gasteiger partial charge >= 0.3 is 0 Å². The van der Waals surface area contributed by atoms with E-state index in [0.29, 0.717) is 5.92 Å². The van der Waals surface area contributed by atoms with Crippen LogP contribution in [0.25, 0.3) is 0 Å². The lowest BCUT2D eigenvalue weighted by molar-refractivity contribution is -0.125. The van der Waals surface area contributed by atoms with E-state index in [4.69, 9.17) is 11.6 Å². The first-order valence-electron chi connectivity index (χ1n) is 7.22. The third kappa shape index (κ3) is 2.57. The molecule has 0 spiro atoms. The fraction of sp³-hybridized carbons (Fsp3) is 0.562. The number of aliphatic hydroxyl groups is 1. The van der Waals surface area contributed by atoms with Gasteiger partial charge in [-0.05, 0) is 49.7 Å². The summed E-state index contributed by atoms with van der Waals surface area (Å²) in [5, 5.41) is 13.3. The van der Waals surface area contributed by atoms with E-state index in [1.54, 1.807) is 0 Å². The highest BCUT2D eigenvalue weighted by molar-refractivity contribution is 6.31. The Bertz CT molecular complexity index is 529. The van der Waals surface area contributed by atoms with Gasteiger partial charge in [0.25, 0.3) is 0 Å². The molecule has 3 rings (SSSR count). The van der Waals surface area contributed by atoms with Crippen molar-refractivity contribution in [3.63, 3.8) is 0 Å². The van der Waals surface area contributed by atoms with Gasteiger partial charge in [-0.3, -0.25) is 4.79 Å². The Balaban J connectivity index is 1.64. The number of rotatable bonds is 5. The molecule has 2 N–H and O–H groups in total. The second-order valence-electron chi connectivity index (χ2n) is 6.31. The number of nitrogens with one attached hydrogen (secondary N) is 1. The standard InChI is InChI=1S/C16H20ClNO2/c1-16(9-19,10-6-7-10)18-15(20)13-8-12(13)11-4-2-3-5-14(11)17/h2-5,10,12-13,19H,6-9H2,1H3,(H,18,20). The zero-order valence-corrected chi connectivity index (χ0v) is 12.4. The van der Waals surface area contributed by atoms with E-state index in [-0.39, 0.29) is 24.3 Å². The van der Waals surface area contributed by atoms with Crippen molar-refractivity contribution in [2.75, 3.05) is 6.61 Å². The smallest absolute Gasteiger partial charge is 0.224 e. The first-order valence-corrected chi connectivity index (χ1v) is 7.60. The van der Waals surface area contributed by atoms with Gasteiger partial charge in [0, 0.05) is 10.9 Å². The lowest BCUT2D eigenvalue weighted by Crippen LogP contribution is -2.51. The number of hydrogen-bond donors (Lipinski definition) is 2. The molecule has 0 saturated heterocycles. The molecule has 1 aromatic carbocycles. The molecule has 2 aliphatic rings. The van der Waals surface area contributed by atoms with Gasteiger partial charge in [0.2, 0.25) is 5.91 Å². The molecular weight excluding hydrogens is 274 g/mol. The van der Waals surface area contributed by atoms with Gasteiger partial charge in [0.05, 0.1) is 12.1 Å². The molecule has 3 atom stereocenters. The van der Waals surface area contributed by atoms with E-state index in [1.807, 2.05) is 31.2 Å². The van der Waals surface area contributed by atoms with Crippen LogP contribution in [0.3, 0.4) is 0 Å². The molecule has 1 aromatic rings. The molecule has 0 aromatic heterocycles. The number of benzene rings is 1. The van der Waals surface area contributed by atoms with Crippen molar-refractivity contribution in [1.29, 1.82) is 0 Å². The highest BCUT2D eigenvalue weighted by Crippen LogP contribution is 2.50. The van der Waals surface area contributed by atoms with Crippen LogP contribution in [0.4, 0.5) is 0 Å². The van der Waals surface area contributed by atoms with Gasteiger partial charge in [-0.1, -0.05) is 29.8 Å². The maximum atomic E-state index is 12.3. The maximum absolute atomic E-state index is 12.3. The van der Waals surface area contributed by atoms with Crippen LogP contribution in [0, 0.1) is 11.8 Å². The molecule has 0 aliphatic heterocycles. The first kappa shape index (κ1) is 13.9. The zero-order valence-electron chi connectivity index (χ0n) is 11.6. The summed E-state index contributed by atoms with van der Waals surface area (Å²) in [7, 11) is 0. The van der Waals surface area contributed by atoms with E-state index in [0.717, 1.165) is 29.8 Å². The van der Waals surface area contributed by atoms with Crippen LogP contribution in [0.5, 0.6) is 0 Å². The largest absolute Gasteiger partial charge is 0.394 e. The molecule has 2 saturated carbocycles. The predicted octanol–water partition coefficient (Wildman–Crippen LogP) is 2.72. The van der Waals surface area contributed by atoms with Crippen molar-refractivity contribution < 1.29 is 9.90 Å². The quantitative estimate of drug-likeness (QED) is 0.877. The maximum Gasteiger partial charge on any atom is 0.224 e. The Morgan fingerprint density at radius 2 is 2.15 bits per heavy atom. The minimum absolute atomic E-state index is 0.000440. The average Bonchev–Trinajstić information content (AvgIpc) is 3.29. The van der Waals surface area contributed by atoms with E-state index in [2.05, 4.69) is 5.32 Å². The highest BCUT2D eigenvalue weighted by atomic mass is 35.5. The van der Waals surface area contributed by atoms with Gasteiger partial charge in [0.1, 0.15) is 0 Å². The second kappa shape index (κ2) is 5.05. The van der Waals surface area contributed by atoms with Crippen molar-refractivity contribution >= 4 is 17.5 Å². The highest BCUT2D eigenvalue weighted by Gasteiger charge is 2.49. The van der Waals surface area contributed by atoms with Crippen LogP contribution in [0.15, 0.2) is 24.3 Å². The number of carbonyl (C=O) groups is 1. The van der Waals surface area contributed by atoms with Gasteiger partial charge in [-0.2, -0.15) is 0 Å². The molecular formula is C16H20ClNO2. The molecule has 20 heavy (non-hydrogen) atoms. The molecule has 1 amide bonds. The number of carbonyl (C=O) groups excluding carboxylic acids is 1. The lowest BCUT2D eigenvalue weighted by atomic mass is 9.96. The summed E-state index contributed by atoms with van der Waals surface area (Å²) in [6.45, 7) is 1.95. The van der Waals surface area contributed by atoms with Crippen molar-refractivity contribution in [2.24, 2.45) is 11.8 Å². The molecule has 108 valence electrons. The summed E-state index contributed by atoms with van der Waals surface area (Å²) >= 11 is 6.18. The van der Waals surface area contributed by atoms with Crippen molar-refractivity contribution in [3.05, 3.63) is 34.9 Å². The minimum Gasteiger partial charge on any atom is -0.394 e. The van der Waals surface area contributed by atoms with E-state index in [9.17, 15) is 9.90 Å². The van der Waals surface area contributed by atoms with E-state index >= 15 is 0 Å². The Kier molecular flexibility index (Phi) is 3.51. The average molecular weight is 294 g/mol. The summed E-state index contributed by atoms with van der Waals surface area (Å²) in [4.78, 5) is 12.3. The third-order valence-electron chi connectivity index (χ3n) is 4.65. The third-order valence-corrected chi connectivity index (χ3v) is 4.99. The fourth-order valence-electron chi connectivity index (χ4n) is 2.97. The summed E-state index contributed by atoms with van der Waals surface area (Å²) < 4.78 is 0. The zero-order chi connectivity index (χ0) is 14.3. The molecule has 3 nitrogen and oxygen atoms in total. The van der Waals surface area contributed by atoms with Gasteiger partial charge < -0.3 is 10.4 Å². The number of halogens is 1. The van der Waals surface area contributed by atoms with Crippen molar-refractivity contribution in [2.45, 2.75) is 37.6 Å². The summed E-state index contributed by atoms with van der Waals surface area (Å²) in [5.41, 5.74) is 0.608. The first-order chi connectivity index (χ1) is 9.55. The van der Waals surface area contributed by atoms with Crippen LogP contribution in [-0.2, 0) is 4.79 Å². The summed E-state index contributed by atoms with van der Waals surface area (Å²) in [6.07, 6.45) is 3.04. The van der Waals surface area contributed by atoms with Crippen LogP contribution in [0.2, 0.25) is 5.02 Å². The van der Waals surface area contributed by atoms with Crippen LogP contribution < -0.4 is 5.32 Å². The lowest BCUT2D eigenvalue weighted by Gasteiger charge is -2.29. The second-order valence-corrected chi connectivity index (χ2v) is 6.72. The van der Waals surface area contributed by atoms with Crippen molar-refractivity contribution in [1.82, 2.24) is 5.32 Å². The topological polar surface area (TPSA) is 49.3 Å². The van der Waals surface area contributed by atoms with E-state index in [1.165, 1.54) is 0 Å². The summed E-state index contributed by atoms with van der Waals surface area (Å²) in [5.74, 6) is 0.706. The minimum atomic E-state index is -0.454. The van der Waals surface area contributed by atoms with Gasteiger partial charge in [0.15, 0.2) is 0 Å². The Morgan fingerprint density at radius 3 is 2.75 bits per heavy atom. The number of aliphatic hydroxyl groups excluding tert-OH is 1. The van der Waals surface area contributed by atoms with Crippen LogP contribution >= 0.6 is 11.6 Å². The molecule has 0 heterocycles. The molecule has 2 aliphatic carbocycles. The van der Waals surface area contributed by atoms with Crippen LogP contribution in [-0.4, -0.2) is 23.2 Å². The fourth-order valence-corrected chi connectivity index (χ4v) is 3.25. The van der Waals surface area contributed by atoms with Gasteiger partial charge in [-0.15, -0.1) is 0 Å². The SMILES string of the molecule is CC(CO)(NC(=O)C1CC1c1ccccc1Cl)C1CC1. The molecule has 3 unspecified atom stereocenters. The monoisotopic (exact) mass is 293 g/mol. The Hall–Kier alpha value is -1.06. The number of hydrogen-bond acceptors (Lipinski definition) is 2. The van der Waals surface area contributed by atoms with Gasteiger partial charge in [-0.25, -0.2) is 0 Å². The molecule has 0 bridgehead atoms. The Labute approximate surface area is 124 Å². The summed E-state index contributed by atoms with van der Waals surface area (Å²) in [6, 6.07) is 7.72. The predicted molar refractivity (Wildman–Crippen MR) is 78.7 cm³/mol.